The third-order valence-electron chi connectivity index (χ3n) is 2.91. The molecule has 4 heteroatoms. The Kier molecular flexibility index (Phi) is 3.82. The monoisotopic (exact) mass is 255 g/mol. The van der Waals surface area contributed by atoms with Crippen molar-refractivity contribution < 1.29 is 4.79 Å². The number of nitrogens with two attached hydrogens (primary N) is 1. The quantitative estimate of drug-likeness (QED) is 0.583. The van der Waals surface area contributed by atoms with E-state index in [1.165, 1.54) is 0 Å². The van der Waals surface area contributed by atoms with Gasteiger partial charge >= 0.3 is 0 Å². The Hall–Kier alpha value is -2.33. The van der Waals surface area contributed by atoms with Crippen molar-refractivity contribution in [1.29, 1.82) is 0 Å². The summed E-state index contributed by atoms with van der Waals surface area (Å²) in [5.74, 6) is 5.22. The van der Waals surface area contributed by atoms with Crippen LogP contribution >= 0.6 is 0 Å². The van der Waals surface area contributed by atoms with Crippen molar-refractivity contribution in [3.63, 3.8) is 0 Å². The lowest BCUT2D eigenvalue weighted by molar-refractivity contribution is 0.102. The van der Waals surface area contributed by atoms with Crippen molar-refractivity contribution >= 4 is 17.3 Å². The summed E-state index contributed by atoms with van der Waals surface area (Å²) in [5, 5.41) is 2.89. The second-order valence-corrected chi connectivity index (χ2v) is 4.50. The molecule has 98 valence electrons. The molecule has 0 atom stereocenters. The average Bonchev–Trinajstić information content (AvgIpc) is 2.38. The molecule has 0 unspecified atom stereocenters. The van der Waals surface area contributed by atoms with Crippen molar-refractivity contribution in [3.05, 3.63) is 59.2 Å². The summed E-state index contributed by atoms with van der Waals surface area (Å²) in [6, 6.07) is 13.1. The highest BCUT2D eigenvalue weighted by atomic mass is 16.1. The van der Waals surface area contributed by atoms with E-state index in [2.05, 4.69) is 10.7 Å². The second kappa shape index (κ2) is 5.54. The van der Waals surface area contributed by atoms with Gasteiger partial charge in [0.15, 0.2) is 0 Å². The van der Waals surface area contributed by atoms with Gasteiger partial charge in [-0.05, 0) is 55.3 Å². The smallest absolute Gasteiger partial charge is 0.255 e. The number of nitrogens with one attached hydrogen (secondary N) is 2. The fourth-order valence-corrected chi connectivity index (χ4v) is 1.93. The Balaban J connectivity index is 2.20. The molecule has 0 aliphatic carbocycles. The van der Waals surface area contributed by atoms with Crippen LogP contribution in [0.3, 0.4) is 0 Å². The lowest BCUT2D eigenvalue weighted by Crippen LogP contribution is -2.14. The third kappa shape index (κ3) is 3.11. The zero-order chi connectivity index (χ0) is 13.8. The molecular formula is C15H17N3O. The van der Waals surface area contributed by atoms with Gasteiger partial charge in [0.25, 0.3) is 5.91 Å². The van der Waals surface area contributed by atoms with Crippen molar-refractivity contribution in [3.8, 4) is 0 Å². The Bertz CT molecular complexity index is 608. The van der Waals surface area contributed by atoms with E-state index in [0.29, 0.717) is 5.56 Å². The van der Waals surface area contributed by atoms with Crippen LogP contribution in [-0.4, -0.2) is 5.91 Å². The van der Waals surface area contributed by atoms with E-state index in [-0.39, 0.29) is 5.91 Å². The average molecular weight is 255 g/mol. The lowest BCUT2D eigenvalue weighted by atomic mass is 10.1. The Morgan fingerprint density at radius 1 is 1.05 bits per heavy atom. The Morgan fingerprint density at radius 3 is 2.47 bits per heavy atom. The Labute approximate surface area is 112 Å². The van der Waals surface area contributed by atoms with Crippen LogP contribution in [0.25, 0.3) is 0 Å². The maximum Gasteiger partial charge on any atom is 0.255 e. The van der Waals surface area contributed by atoms with Crippen molar-refractivity contribution in [1.82, 2.24) is 0 Å². The normalized spacial score (nSPS) is 10.1. The highest BCUT2D eigenvalue weighted by Gasteiger charge is 2.09. The van der Waals surface area contributed by atoms with E-state index in [9.17, 15) is 4.79 Å². The number of hydrazine groups is 1. The predicted octanol–water partition coefficient (Wildman–Crippen LogP) is 2.84. The van der Waals surface area contributed by atoms with Crippen molar-refractivity contribution in [2.45, 2.75) is 13.8 Å². The molecule has 1 amide bonds. The maximum absolute atomic E-state index is 12.2. The van der Waals surface area contributed by atoms with Gasteiger partial charge in [0, 0.05) is 16.9 Å². The highest BCUT2D eigenvalue weighted by molar-refractivity contribution is 6.05. The standard InChI is InChI=1S/C15H17N3O/c1-10-4-3-5-12(8-10)17-15(19)14-7-6-13(18-16)9-11(14)2/h3-9,18H,16H2,1-2H3,(H,17,19). The first-order valence-electron chi connectivity index (χ1n) is 6.05. The molecule has 2 aromatic carbocycles. The molecule has 0 aliphatic rings. The third-order valence-corrected chi connectivity index (χ3v) is 2.91. The highest BCUT2D eigenvalue weighted by Crippen LogP contribution is 2.17. The molecule has 19 heavy (non-hydrogen) atoms. The lowest BCUT2D eigenvalue weighted by Gasteiger charge is -2.09. The number of carbonyl (C=O) groups excluding carboxylic acids is 1. The summed E-state index contributed by atoms with van der Waals surface area (Å²) >= 11 is 0. The summed E-state index contributed by atoms with van der Waals surface area (Å²) in [5.41, 5.74) is 6.76. The van der Waals surface area contributed by atoms with E-state index < -0.39 is 0 Å². The topological polar surface area (TPSA) is 67.2 Å². The van der Waals surface area contributed by atoms with Crippen LogP contribution in [0.1, 0.15) is 21.5 Å². The number of hydrogen-bond donors (Lipinski definition) is 3. The fourth-order valence-electron chi connectivity index (χ4n) is 1.93. The zero-order valence-electron chi connectivity index (χ0n) is 11.0. The zero-order valence-corrected chi connectivity index (χ0v) is 11.0. The molecule has 0 bridgehead atoms. The number of aryl methyl sites for hydroxylation is 2. The SMILES string of the molecule is Cc1cccc(NC(=O)c2ccc(NN)cc2C)c1. The molecule has 2 aromatic rings. The van der Waals surface area contributed by atoms with Gasteiger partial charge in [0.1, 0.15) is 0 Å². The molecule has 0 saturated carbocycles. The molecule has 0 heterocycles. The van der Waals surface area contributed by atoms with Crippen LogP contribution in [0.15, 0.2) is 42.5 Å². The summed E-state index contributed by atoms with van der Waals surface area (Å²) < 4.78 is 0. The summed E-state index contributed by atoms with van der Waals surface area (Å²) in [6.45, 7) is 3.87. The van der Waals surface area contributed by atoms with Crippen LogP contribution in [0.4, 0.5) is 11.4 Å². The number of carbonyl (C=O) groups is 1. The van der Waals surface area contributed by atoms with Crippen LogP contribution < -0.4 is 16.6 Å². The second-order valence-electron chi connectivity index (χ2n) is 4.50. The van der Waals surface area contributed by atoms with Gasteiger partial charge in [-0.2, -0.15) is 0 Å². The van der Waals surface area contributed by atoms with E-state index in [0.717, 1.165) is 22.5 Å². The molecule has 0 aliphatic heterocycles. The van der Waals surface area contributed by atoms with Gasteiger partial charge < -0.3 is 10.7 Å². The number of anilines is 2. The van der Waals surface area contributed by atoms with E-state index in [1.54, 1.807) is 12.1 Å². The molecule has 2 rings (SSSR count). The Morgan fingerprint density at radius 2 is 1.84 bits per heavy atom. The minimum atomic E-state index is -0.119. The summed E-state index contributed by atoms with van der Waals surface area (Å²) in [4.78, 5) is 12.2. The molecule has 4 N–H and O–H groups in total. The van der Waals surface area contributed by atoms with E-state index in [1.807, 2.05) is 44.2 Å². The molecule has 0 saturated heterocycles. The molecule has 0 radical (unpaired) electrons. The van der Waals surface area contributed by atoms with Gasteiger partial charge in [-0.25, -0.2) is 0 Å². The van der Waals surface area contributed by atoms with Crippen LogP contribution in [0.2, 0.25) is 0 Å². The molecule has 0 fully saturated rings. The first-order valence-corrected chi connectivity index (χ1v) is 6.05. The summed E-state index contributed by atoms with van der Waals surface area (Å²) in [7, 11) is 0. The number of benzene rings is 2. The van der Waals surface area contributed by atoms with Crippen molar-refractivity contribution in [2.75, 3.05) is 10.7 Å². The minimum Gasteiger partial charge on any atom is -0.324 e. The fraction of sp³-hybridized carbons (Fsp3) is 0.133. The number of amides is 1. The summed E-state index contributed by atoms with van der Waals surface area (Å²) in [6.07, 6.45) is 0. The van der Waals surface area contributed by atoms with Crippen molar-refractivity contribution in [2.24, 2.45) is 5.84 Å². The number of rotatable bonds is 3. The molecular weight excluding hydrogens is 238 g/mol. The molecule has 0 aromatic heterocycles. The van der Waals surface area contributed by atoms with Crippen LogP contribution in [0, 0.1) is 13.8 Å². The molecule has 4 nitrogen and oxygen atoms in total. The number of nitrogen functional groups attached to an aromatic ring is 1. The van der Waals surface area contributed by atoms with Crippen LogP contribution in [-0.2, 0) is 0 Å². The molecule has 0 spiro atoms. The largest absolute Gasteiger partial charge is 0.324 e. The number of hydrogen-bond acceptors (Lipinski definition) is 3. The predicted molar refractivity (Wildman–Crippen MR) is 78.1 cm³/mol. The maximum atomic E-state index is 12.2. The van der Waals surface area contributed by atoms with E-state index >= 15 is 0 Å². The first-order chi connectivity index (χ1) is 9.10. The van der Waals surface area contributed by atoms with Gasteiger partial charge in [0.2, 0.25) is 0 Å². The van der Waals surface area contributed by atoms with E-state index in [4.69, 9.17) is 5.84 Å². The van der Waals surface area contributed by atoms with Gasteiger partial charge in [-0.1, -0.05) is 12.1 Å². The van der Waals surface area contributed by atoms with Crippen LogP contribution in [0.5, 0.6) is 0 Å². The van der Waals surface area contributed by atoms with Gasteiger partial charge in [-0.15, -0.1) is 0 Å². The first kappa shape index (κ1) is 13.1. The van der Waals surface area contributed by atoms with Gasteiger partial charge in [0.05, 0.1) is 0 Å². The van der Waals surface area contributed by atoms with Gasteiger partial charge in [-0.3, -0.25) is 10.6 Å². The minimum absolute atomic E-state index is 0.119.